The summed E-state index contributed by atoms with van der Waals surface area (Å²) in [7, 11) is 0. The molecular weight excluding hydrogens is 375 g/mol. The Morgan fingerprint density at radius 2 is 1.04 bits per heavy atom. The molecule has 2 rings (SSSR count). The zero-order chi connectivity index (χ0) is 18.8. The summed E-state index contributed by atoms with van der Waals surface area (Å²) in [6.07, 6.45) is 5.26. The fourth-order valence-corrected chi connectivity index (χ4v) is 2.09. The molecule has 0 N–H and O–H groups in total. The molecule has 0 heterocycles. The quantitative estimate of drug-likeness (QED) is 0.383. The van der Waals surface area contributed by atoms with Gasteiger partial charge in [-0.15, -0.1) is 0 Å². The number of hydrogen-bond donors (Lipinski definition) is 0. The fraction of sp³-hybridized carbons (Fsp3) is 0.100. The second kappa shape index (κ2) is 10.4. The molecule has 0 aliphatic carbocycles. The van der Waals surface area contributed by atoms with Gasteiger partial charge in [-0.2, -0.15) is 0 Å². The normalized spacial score (nSPS) is 11.0. The SMILES string of the molecule is O=C(/C=C\C=C/C(=O)OCc1ccc(Cl)cc1)OCc1ccc(Cl)cc1. The van der Waals surface area contributed by atoms with Gasteiger partial charge in [-0.25, -0.2) is 9.59 Å². The molecule has 2 aromatic carbocycles. The van der Waals surface area contributed by atoms with Crippen molar-refractivity contribution in [2.75, 3.05) is 0 Å². The van der Waals surface area contributed by atoms with E-state index in [0.717, 1.165) is 11.1 Å². The maximum Gasteiger partial charge on any atom is 0.331 e. The van der Waals surface area contributed by atoms with Crippen molar-refractivity contribution in [1.82, 2.24) is 0 Å². The first-order valence-electron chi connectivity index (χ1n) is 7.70. The Hall–Kier alpha value is -2.56. The van der Waals surface area contributed by atoms with E-state index >= 15 is 0 Å². The van der Waals surface area contributed by atoms with Crippen molar-refractivity contribution >= 4 is 35.1 Å². The van der Waals surface area contributed by atoms with Crippen LogP contribution in [0.25, 0.3) is 0 Å². The van der Waals surface area contributed by atoms with E-state index in [9.17, 15) is 9.59 Å². The maximum atomic E-state index is 11.6. The highest BCUT2D eigenvalue weighted by atomic mass is 35.5. The molecule has 0 aromatic heterocycles. The topological polar surface area (TPSA) is 52.6 Å². The molecule has 0 radical (unpaired) electrons. The van der Waals surface area contributed by atoms with Crippen LogP contribution >= 0.6 is 23.2 Å². The maximum absolute atomic E-state index is 11.6. The lowest BCUT2D eigenvalue weighted by molar-refractivity contribution is -0.140. The Morgan fingerprint density at radius 3 is 1.38 bits per heavy atom. The molecule has 4 nitrogen and oxygen atoms in total. The number of ether oxygens (including phenoxy) is 2. The third kappa shape index (κ3) is 7.55. The fourth-order valence-electron chi connectivity index (χ4n) is 1.83. The summed E-state index contributed by atoms with van der Waals surface area (Å²) in [6.45, 7) is 0.292. The zero-order valence-electron chi connectivity index (χ0n) is 13.7. The molecule has 0 bridgehead atoms. The summed E-state index contributed by atoms with van der Waals surface area (Å²) in [5.41, 5.74) is 1.66. The largest absolute Gasteiger partial charge is 0.458 e. The van der Waals surface area contributed by atoms with Crippen LogP contribution in [-0.2, 0) is 32.3 Å². The molecule has 0 spiro atoms. The molecule has 0 fully saturated rings. The molecule has 134 valence electrons. The second-order valence-corrected chi connectivity index (χ2v) is 6.06. The van der Waals surface area contributed by atoms with Gasteiger partial charge in [-0.05, 0) is 35.4 Å². The highest BCUT2D eigenvalue weighted by molar-refractivity contribution is 6.30. The van der Waals surface area contributed by atoms with Crippen LogP contribution in [0.15, 0.2) is 72.8 Å². The Balaban J connectivity index is 1.68. The minimum Gasteiger partial charge on any atom is -0.458 e. The van der Waals surface area contributed by atoms with Crippen LogP contribution in [0.5, 0.6) is 0 Å². The number of esters is 2. The van der Waals surface area contributed by atoms with Gasteiger partial charge in [0, 0.05) is 22.2 Å². The van der Waals surface area contributed by atoms with Gasteiger partial charge in [0.1, 0.15) is 13.2 Å². The van der Waals surface area contributed by atoms with Gasteiger partial charge in [-0.1, -0.05) is 59.6 Å². The number of rotatable bonds is 7. The van der Waals surface area contributed by atoms with E-state index in [1.54, 1.807) is 48.5 Å². The molecule has 2 aromatic rings. The zero-order valence-corrected chi connectivity index (χ0v) is 15.2. The predicted octanol–water partition coefficient (Wildman–Crippen LogP) is 4.89. The lowest BCUT2D eigenvalue weighted by Gasteiger charge is -2.02. The van der Waals surface area contributed by atoms with Crippen molar-refractivity contribution in [3.05, 3.63) is 94.0 Å². The van der Waals surface area contributed by atoms with Gasteiger partial charge in [0.05, 0.1) is 0 Å². The van der Waals surface area contributed by atoms with E-state index in [1.807, 2.05) is 0 Å². The van der Waals surface area contributed by atoms with Crippen LogP contribution in [0.3, 0.4) is 0 Å². The molecule has 0 atom stereocenters. The average Bonchev–Trinajstić information content (AvgIpc) is 2.64. The monoisotopic (exact) mass is 390 g/mol. The van der Waals surface area contributed by atoms with Gasteiger partial charge < -0.3 is 9.47 Å². The first-order chi connectivity index (χ1) is 12.5. The third-order valence-electron chi connectivity index (χ3n) is 3.16. The van der Waals surface area contributed by atoms with Crippen molar-refractivity contribution in [2.45, 2.75) is 13.2 Å². The van der Waals surface area contributed by atoms with Crippen LogP contribution in [0.1, 0.15) is 11.1 Å². The summed E-state index contributed by atoms with van der Waals surface area (Å²) in [4.78, 5) is 23.1. The first kappa shape index (κ1) is 19.8. The highest BCUT2D eigenvalue weighted by Gasteiger charge is 2.00. The van der Waals surface area contributed by atoms with Crippen molar-refractivity contribution in [3.8, 4) is 0 Å². The van der Waals surface area contributed by atoms with Crippen LogP contribution < -0.4 is 0 Å². The number of benzene rings is 2. The molecule has 0 unspecified atom stereocenters. The summed E-state index contributed by atoms with van der Waals surface area (Å²) >= 11 is 11.6. The van der Waals surface area contributed by atoms with Crippen molar-refractivity contribution in [2.24, 2.45) is 0 Å². The van der Waals surface area contributed by atoms with Crippen LogP contribution in [0.2, 0.25) is 10.0 Å². The predicted molar refractivity (Wildman–Crippen MR) is 101 cm³/mol. The Kier molecular flexibility index (Phi) is 7.93. The molecular formula is C20H16Cl2O4. The van der Waals surface area contributed by atoms with Crippen LogP contribution in [-0.4, -0.2) is 11.9 Å². The van der Waals surface area contributed by atoms with Gasteiger partial charge in [0.15, 0.2) is 0 Å². The summed E-state index contributed by atoms with van der Waals surface area (Å²) < 4.78 is 10.1. The second-order valence-electron chi connectivity index (χ2n) is 5.19. The Morgan fingerprint density at radius 1 is 0.692 bits per heavy atom. The van der Waals surface area contributed by atoms with E-state index in [0.29, 0.717) is 10.0 Å². The number of halogens is 2. The van der Waals surface area contributed by atoms with Gasteiger partial charge in [-0.3, -0.25) is 0 Å². The lowest BCUT2D eigenvalue weighted by Crippen LogP contribution is -2.01. The summed E-state index contributed by atoms with van der Waals surface area (Å²) in [5.74, 6) is -1.03. The number of carbonyl (C=O) groups excluding carboxylic acids is 2. The Labute approximate surface area is 161 Å². The number of carbonyl (C=O) groups is 2. The van der Waals surface area contributed by atoms with E-state index < -0.39 is 11.9 Å². The van der Waals surface area contributed by atoms with Crippen molar-refractivity contribution in [1.29, 1.82) is 0 Å². The average molecular weight is 391 g/mol. The molecule has 0 saturated carbocycles. The van der Waals surface area contributed by atoms with Crippen LogP contribution in [0, 0.1) is 0 Å². The van der Waals surface area contributed by atoms with E-state index in [4.69, 9.17) is 32.7 Å². The van der Waals surface area contributed by atoms with E-state index in [2.05, 4.69) is 0 Å². The molecule has 26 heavy (non-hydrogen) atoms. The number of hydrogen-bond acceptors (Lipinski definition) is 4. The molecule has 6 heteroatoms. The summed E-state index contributed by atoms with van der Waals surface area (Å²) in [5, 5.41) is 1.24. The third-order valence-corrected chi connectivity index (χ3v) is 3.67. The highest BCUT2D eigenvalue weighted by Crippen LogP contribution is 2.11. The molecule has 0 amide bonds. The van der Waals surface area contributed by atoms with Gasteiger partial charge >= 0.3 is 11.9 Å². The molecule has 0 aliphatic rings. The molecule has 0 aliphatic heterocycles. The first-order valence-corrected chi connectivity index (χ1v) is 8.45. The summed E-state index contributed by atoms with van der Waals surface area (Å²) in [6, 6.07) is 14.0. The minimum absolute atomic E-state index is 0.146. The van der Waals surface area contributed by atoms with Gasteiger partial charge in [0.25, 0.3) is 0 Å². The number of allylic oxidation sites excluding steroid dienone is 2. The Bertz CT molecular complexity index is 724. The van der Waals surface area contributed by atoms with Crippen molar-refractivity contribution in [3.63, 3.8) is 0 Å². The smallest absolute Gasteiger partial charge is 0.331 e. The van der Waals surface area contributed by atoms with Crippen LogP contribution in [0.4, 0.5) is 0 Å². The van der Waals surface area contributed by atoms with E-state index in [-0.39, 0.29) is 13.2 Å². The molecule has 0 saturated heterocycles. The van der Waals surface area contributed by atoms with Crippen molar-refractivity contribution < 1.29 is 19.1 Å². The lowest BCUT2D eigenvalue weighted by atomic mass is 10.2. The minimum atomic E-state index is -0.515. The van der Waals surface area contributed by atoms with Gasteiger partial charge in [0.2, 0.25) is 0 Å². The van der Waals surface area contributed by atoms with E-state index in [1.165, 1.54) is 24.3 Å². The standard InChI is InChI=1S/C20H16Cl2O4/c21-17-9-5-15(6-10-17)13-25-19(23)3-1-2-4-20(24)26-14-16-7-11-18(22)12-8-16/h1-12H,13-14H2/b3-1-,4-2-.